The van der Waals surface area contributed by atoms with E-state index in [0.29, 0.717) is 6.54 Å². The average Bonchev–Trinajstić information content (AvgIpc) is 2.58. The van der Waals surface area contributed by atoms with Gasteiger partial charge in [0.1, 0.15) is 12.6 Å². The number of carbonyl (C=O) groups is 2. The van der Waals surface area contributed by atoms with Gasteiger partial charge in [0.2, 0.25) is 5.91 Å². The Morgan fingerprint density at radius 3 is 2.67 bits per heavy atom. The SMILES string of the molecule is CCNC(=O)N(C)[C@@H]1CCN(CC(F)(F)F)C1=O. The molecule has 8 heteroatoms. The molecule has 0 radical (unpaired) electrons. The molecular weight excluding hydrogens is 251 g/mol. The minimum absolute atomic E-state index is 0.0206. The lowest BCUT2D eigenvalue weighted by Gasteiger charge is -2.24. The van der Waals surface area contributed by atoms with Crippen LogP contribution in [0.5, 0.6) is 0 Å². The third-order valence-electron chi connectivity index (χ3n) is 2.76. The Balaban J connectivity index is 2.61. The lowest BCUT2D eigenvalue weighted by atomic mass is 10.2. The second-order valence-corrected chi connectivity index (χ2v) is 4.13. The Morgan fingerprint density at radius 1 is 1.56 bits per heavy atom. The molecule has 1 aliphatic heterocycles. The van der Waals surface area contributed by atoms with Crippen molar-refractivity contribution in [3.8, 4) is 0 Å². The van der Waals surface area contributed by atoms with Gasteiger partial charge in [-0.25, -0.2) is 4.79 Å². The van der Waals surface area contributed by atoms with E-state index >= 15 is 0 Å². The molecule has 1 aliphatic rings. The number of rotatable bonds is 3. The lowest BCUT2D eigenvalue weighted by Crippen LogP contribution is -2.48. The molecule has 104 valence electrons. The van der Waals surface area contributed by atoms with Gasteiger partial charge in [0.25, 0.3) is 0 Å². The van der Waals surface area contributed by atoms with Crippen LogP contribution in [-0.2, 0) is 4.79 Å². The van der Waals surface area contributed by atoms with E-state index in [1.807, 2.05) is 0 Å². The topological polar surface area (TPSA) is 52.7 Å². The van der Waals surface area contributed by atoms with Crippen LogP contribution in [0.3, 0.4) is 0 Å². The fourth-order valence-corrected chi connectivity index (χ4v) is 1.87. The summed E-state index contributed by atoms with van der Waals surface area (Å²) in [5.74, 6) is -0.652. The van der Waals surface area contributed by atoms with E-state index < -0.39 is 30.7 Å². The lowest BCUT2D eigenvalue weighted by molar-refractivity contribution is -0.158. The maximum atomic E-state index is 12.2. The van der Waals surface area contributed by atoms with E-state index in [1.165, 1.54) is 7.05 Å². The third-order valence-corrected chi connectivity index (χ3v) is 2.76. The van der Waals surface area contributed by atoms with E-state index in [9.17, 15) is 22.8 Å². The van der Waals surface area contributed by atoms with E-state index in [-0.39, 0.29) is 13.0 Å². The van der Waals surface area contributed by atoms with Crippen molar-refractivity contribution in [3.05, 3.63) is 0 Å². The summed E-state index contributed by atoms with van der Waals surface area (Å²) in [4.78, 5) is 25.1. The van der Waals surface area contributed by atoms with Gasteiger partial charge >= 0.3 is 12.2 Å². The molecule has 1 N–H and O–H groups in total. The second kappa shape index (κ2) is 5.45. The van der Waals surface area contributed by atoms with Crippen LogP contribution in [0.1, 0.15) is 13.3 Å². The molecule has 18 heavy (non-hydrogen) atoms. The number of hydrogen-bond acceptors (Lipinski definition) is 2. The maximum Gasteiger partial charge on any atom is 0.406 e. The van der Waals surface area contributed by atoms with Gasteiger partial charge in [0.05, 0.1) is 0 Å². The molecule has 0 bridgehead atoms. The van der Waals surface area contributed by atoms with E-state index in [4.69, 9.17) is 0 Å². The van der Waals surface area contributed by atoms with Gasteiger partial charge in [-0.3, -0.25) is 4.79 Å². The summed E-state index contributed by atoms with van der Waals surface area (Å²) in [5, 5.41) is 2.50. The average molecular weight is 267 g/mol. The van der Waals surface area contributed by atoms with E-state index in [2.05, 4.69) is 5.32 Å². The van der Waals surface area contributed by atoms with Crippen molar-refractivity contribution in [2.75, 3.05) is 26.7 Å². The van der Waals surface area contributed by atoms with Crippen molar-refractivity contribution in [1.82, 2.24) is 15.1 Å². The molecule has 0 aromatic rings. The quantitative estimate of drug-likeness (QED) is 0.822. The number of hydrogen-bond donors (Lipinski definition) is 1. The van der Waals surface area contributed by atoms with Gasteiger partial charge in [-0.1, -0.05) is 0 Å². The number of nitrogens with one attached hydrogen (secondary N) is 1. The van der Waals surface area contributed by atoms with Crippen LogP contribution < -0.4 is 5.32 Å². The van der Waals surface area contributed by atoms with Crippen LogP contribution in [0, 0.1) is 0 Å². The van der Waals surface area contributed by atoms with Crippen molar-refractivity contribution in [1.29, 1.82) is 0 Å². The maximum absolute atomic E-state index is 12.2. The molecule has 1 saturated heterocycles. The van der Waals surface area contributed by atoms with Crippen LogP contribution in [0.2, 0.25) is 0 Å². The summed E-state index contributed by atoms with van der Waals surface area (Å²) in [6.45, 7) is 0.882. The first-order valence-electron chi connectivity index (χ1n) is 5.62. The zero-order chi connectivity index (χ0) is 13.9. The highest BCUT2D eigenvalue weighted by Crippen LogP contribution is 2.22. The number of amides is 3. The predicted octanol–water partition coefficient (Wildman–Crippen LogP) is 0.811. The zero-order valence-electron chi connectivity index (χ0n) is 10.3. The standard InChI is InChI=1S/C10H16F3N3O2/c1-3-14-9(18)15(2)7-4-5-16(8(7)17)6-10(11,12)13/h7H,3-6H2,1-2H3,(H,14,18)/t7-/m1/s1. The van der Waals surface area contributed by atoms with Crippen LogP contribution in [-0.4, -0.2) is 60.6 Å². The molecule has 0 unspecified atom stereocenters. The van der Waals surface area contributed by atoms with Gasteiger partial charge in [0, 0.05) is 20.1 Å². The number of carbonyl (C=O) groups excluding carboxylic acids is 2. The predicted molar refractivity (Wildman–Crippen MR) is 57.9 cm³/mol. The van der Waals surface area contributed by atoms with Gasteiger partial charge in [0.15, 0.2) is 0 Å². The number of urea groups is 1. The second-order valence-electron chi connectivity index (χ2n) is 4.13. The van der Waals surface area contributed by atoms with Gasteiger partial charge in [-0.05, 0) is 13.3 Å². The summed E-state index contributed by atoms with van der Waals surface area (Å²) in [6, 6.07) is -1.26. The Hall–Kier alpha value is -1.47. The van der Waals surface area contributed by atoms with Crippen molar-refractivity contribution in [2.24, 2.45) is 0 Å². The fraction of sp³-hybridized carbons (Fsp3) is 0.800. The molecule has 1 rings (SSSR count). The first kappa shape index (κ1) is 14.6. The largest absolute Gasteiger partial charge is 0.406 e. The first-order chi connectivity index (χ1) is 8.26. The summed E-state index contributed by atoms with van der Waals surface area (Å²) >= 11 is 0. The number of likely N-dealkylation sites (N-methyl/N-ethyl adjacent to an activating group) is 1. The molecule has 5 nitrogen and oxygen atoms in total. The molecular formula is C10H16F3N3O2. The molecule has 0 aromatic carbocycles. The molecule has 1 heterocycles. The summed E-state index contributed by atoms with van der Waals surface area (Å²) < 4.78 is 36.6. The summed E-state index contributed by atoms with van der Waals surface area (Å²) in [7, 11) is 1.41. The smallest absolute Gasteiger partial charge is 0.338 e. The van der Waals surface area contributed by atoms with Crippen molar-refractivity contribution in [3.63, 3.8) is 0 Å². The summed E-state index contributed by atoms with van der Waals surface area (Å²) in [6.07, 6.45) is -4.18. The Bertz CT molecular complexity index is 333. The Kier molecular flexibility index (Phi) is 4.42. The highest BCUT2D eigenvalue weighted by Gasteiger charge is 2.41. The highest BCUT2D eigenvalue weighted by atomic mass is 19.4. The normalized spacial score (nSPS) is 20.2. The molecule has 0 saturated carbocycles. The minimum Gasteiger partial charge on any atom is -0.338 e. The Labute approximate surface area is 103 Å². The van der Waals surface area contributed by atoms with Gasteiger partial charge in [-0.2, -0.15) is 13.2 Å². The Morgan fingerprint density at radius 2 is 2.17 bits per heavy atom. The van der Waals surface area contributed by atoms with Gasteiger partial charge in [-0.15, -0.1) is 0 Å². The fourth-order valence-electron chi connectivity index (χ4n) is 1.87. The minimum atomic E-state index is -4.41. The van der Waals surface area contributed by atoms with E-state index in [1.54, 1.807) is 6.92 Å². The summed E-state index contributed by atoms with van der Waals surface area (Å²) in [5.41, 5.74) is 0. The number of halogens is 3. The van der Waals surface area contributed by atoms with Crippen LogP contribution >= 0.6 is 0 Å². The van der Waals surface area contributed by atoms with Crippen molar-refractivity contribution < 1.29 is 22.8 Å². The van der Waals surface area contributed by atoms with E-state index in [0.717, 1.165) is 9.80 Å². The molecule has 0 aromatic heterocycles. The third kappa shape index (κ3) is 3.51. The van der Waals surface area contributed by atoms with Crippen LogP contribution in [0.15, 0.2) is 0 Å². The van der Waals surface area contributed by atoms with Crippen molar-refractivity contribution in [2.45, 2.75) is 25.6 Å². The number of alkyl halides is 3. The molecule has 1 fully saturated rings. The van der Waals surface area contributed by atoms with Gasteiger partial charge < -0.3 is 15.1 Å². The first-order valence-corrected chi connectivity index (χ1v) is 5.62. The monoisotopic (exact) mass is 267 g/mol. The number of likely N-dealkylation sites (tertiary alicyclic amines) is 1. The highest BCUT2D eigenvalue weighted by molar-refractivity contribution is 5.88. The van der Waals surface area contributed by atoms with Crippen LogP contribution in [0.4, 0.5) is 18.0 Å². The zero-order valence-corrected chi connectivity index (χ0v) is 10.3. The van der Waals surface area contributed by atoms with Crippen molar-refractivity contribution >= 4 is 11.9 Å². The van der Waals surface area contributed by atoms with Crippen LogP contribution in [0.25, 0.3) is 0 Å². The molecule has 0 spiro atoms. The number of nitrogens with zero attached hydrogens (tertiary/aromatic N) is 2. The molecule has 1 atom stereocenters. The molecule has 3 amide bonds. The molecule has 0 aliphatic carbocycles.